The predicted molar refractivity (Wildman–Crippen MR) is 136 cm³/mol. The van der Waals surface area contributed by atoms with Crippen molar-refractivity contribution >= 4 is 24.1 Å². The zero-order valence-corrected chi connectivity index (χ0v) is 19.7. The number of carbonyl (C=O) groups excluding carboxylic acids is 2. The molecule has 35 heavy (non-hydrogen) atoms. The number of allylic oxidation sites excluding steroid dienone is 2. The van der Waals surface area contributed by atoms with Crippen LogP contribution in [0.5, 0.6) is 0 Å². The van der Waals surface area contributed by atoms with Crippen molar-refractivity contribution in [1.29, 1.82) is 0 Å². The summed E-state index contributed by atoms with van der Waals surface area (Å²) < 4.78 is 21.6. The van der Waals surface area contributed by atoms with E-state index in [0.717, 1.165) is 40.3 Å². The molecule has 2 aliphatic carbocycles. The van der Waals surface area contributed by atoms with Crippen LogP contribution in [0, 0.1) is 5.92 Å². The molecule has 6 heteroatoms. The summed E-state index contributed by atoms with van der Waals surface area (Å²) in [6, 6.07) is 23.2. The number of nitrogens with one attached hydrogen (secondary N) is 1. The maximum Gasteiger partial charge on any atom is 0.407 e. The number of ether oxygens (including phenoxy) is 1. The van der Waals surface area contributed by atoms with Crippen LogP contribution in [-0.4, -0.2) is 30.5 Å². The van der Waals surface area contributed by atoms with Gasteiger partial charge in [0.15, 0.2) is 11.3 Å². The lowest BCUT2D eigenvalue weighted by Gasteiger charge is -2.31. The van der Waals surface area contributed by atoms with Gasteiger partial charge in [0.05, 0.1) is 0 Å². The van der Waals surface area contributed by atoms with E-state index in [0.29, 0.717) is 10.5 Å². The van der Waals surface area contributed by atoms with E-state index in [1.54, 1.807) is 42.5 Å². The first-order valence-corrected chi connectivity index (χ1v) is 12.3. The molecule has 3 aromatic rings. The summed E-state index contributed by atoms with van der Waals surface area (Å²) in [7, 11) is 0. The lowest BCUT2D eigenvalue weighted by atomic mass is 9.98. The van der Waals surface area contributed by atoms with Crippen LogP contribution in [0.2, 0.25) is 0 Å². The van der Waals surface area contributed by atoms with Crippen molar-refractivity contribution < 1.29 is 18.7 Å². The molecule has 0 fully saturated rings. The quantitative estimate of drug-likeness (QED) is 0.386. The first kappa shape index (κ1) is 23.1. The van der Waals surface area contributed by atoms with Crippen LogP contribution in [0.25, 0.3) is 11.1 Å². The molecule has 0 bridgehead atoms. The molecule has 0 radical (unpaired) electrons. The Kier molecular flexibility index (Phi) is 6.55. The molecule has 0 aliphatic heterocycles. The number of alkyl carbamates (subject to hydrolysis) is 1. The number of thioether (sulfide) groups is 1. The third-order valence-corrected chi connectivity index (χ3v) is 7.75. The molecule has 0 spiro atoms. The lowest BCUT2D eigenvalue weighted by molar-refractivity contribution is 0.112. The lowest BCUT2D eigenvalue weighted by Crippen LogP contribution is -2.38. The Morgan fingerprint density at radius 1 is 0.971 bits per heavy atom. The summed E-state index contributed by atoms with van der Waals surface area (Å²) in [6.07, 6.45) is 6.71. The first-order valence-electron chi connectivity index (χ1n) is 11.5. The smallest absolute Gasteiger partial charge is 0.407 e. The number of halogens is 1. The monoisotopic (exact) mass is 485 g/mol. The van der Waals surface area contributed by atoms with Crippen molar-refractivity contribution in [2.75, 3.05) is 13.2 Å². The van der Waals surface area contributed by atoms with Gasteiger partial charge < -0.3 is 10.1 Å². The van der Waals surface area contributed by atoms with Gasteiger partial charge in [-0.3, -0.25) is 4.79 Å². The average molecular weight is 486 g/mol. The minimum absolute atomic E-state index is 0.0404. The van der Waals surface area contributed by atoms with Crippen LogP contribution in [0.15, 0.2) is 102 Å². The largest absolute Gasteiger partial charge is 0.449 e. The number of amides is 1. The van der Waals surface area contributed by atoms with Gasteiger partial charge in [-0.15, -0.1) is 0 Å². The summed E-state index contributed by atoms with van der Waals surface area (Å²) in [5, 5.41) is 0.910. The first-order chi connectivity index (χ1) is 17.1. The van der Waals surface area contributed by atoms with E-state index in [4.69, 9.17) is 4.74 Å². The van der Waals surface area contributed by atoms with Gasteiger partial charge in [0, 0.05) is 28.8 Å². The molecule has 1 N–H and O–H groups in total. The Morgan fingerprint density at radius 2 is 1.63 bits per heavy atom. The van der Waals surface area contributed by atoms with Crippen LogP contribution in [0.3, 0.4) is 0 Å². The van der Waals surface area contributed by atoms with Crippen molar-refractivity contribution in [2.24, 2.45) is 5.92 Å². The topological polar surface area (TPSA) is 55.4 Å². The Morgan fingerprint density at radius 3 is 2.34 bits per heavy atom. The highest BCUT2D eigenvalue weighted by Crippen LogP contribution is 2.45. The maximum absolute atomic E-state index is 16.0. The van der Waals surface area contributed by atoms with Crippen molar-refractivity contribution in [3.8, 4) is 11.1 Å². The van der Waals surface area contributed by atoms with Gasteiger partial charge in [0.1, 0.15) is 6.61 Å². The molecule has 2 aliphatic rings. The third-order valence-electron chi connectivity index (χ3n) is 6.41. The van der Waals surface area contributed by atoms with Gasteiger partial charge in [-0.1, -0.05) is 96.7 Å². The number of carbonyl (C=O) groups is 2. The summed E-state index contributed by atoms with van der Waals surface area (Å²) in [5.74, 6) is -0.668. The van der Waals surface area contributed by atoms with E-state index in [-0.39, 0.29) is 19.1 Å². The van der Waals surface area contributed by atoms with Crippen LogP contribution < -0.4 is 5.32 Å². The fourth-order valence-electron chi connectivity index (χ4n) is 4.64. The molecule has 1 amide bonds. The highest BCUT2D eigenvalue weighted by molar-refractivity contribution is 8.00. The summed E-state index contributed by atoms with van der Waals surface area (Å²) in [5.41, 5.74) is 5.02. The van der Waals surface area contributed by atoms with Gasteiger partial charge in [-0.05, 0) is 34.4 Å². The number of hydrogen-bond acceptors (Lipinski definition) is 4. The number of benzene rings is 3. The molecular weight excluding hydrogens is 461 g/mol. The minimum Gasteiger partial charge on any atom is -0.449 e. The molecule has 2 unspecified atom stereocenters. The molecule has 176 valence electrons. The molecule has 5 rings (SSSR count). The molecule has 0 heterocycles. The highest BCUT2D eigenvalue weighted by Gasteiger charge is 2.38. The summed E-state index contributed by atoms with van der Waals surface area (Å²) in [6.45, 7) is 0.257. The predicted octanol–water partition coefficient (Wildman–Crippen LogP) is 6.54. The summed E-state index contributed by atoms with van der Waals surface area (Å²) in [4.78, 5) is 24.5. The van der Waals surface area contributed by atoms with Gasteiger partial charge in [0.25, 0.3) is 0 Å². The molecule has 4 nitrogen and oxygen atoms in total. The highest BCUT2D eigenvalue weighted by atomic mass is 32.2. The second-order valence-electron chi connectivity index (χ2n) is 8.51. The zero-order valence-electron chi connectivity index (χ0n) is 18.9. The molecule has 0 aromatic heterocycles. The normalized spacial score (nSPS) is 20.2. The van der Waals surface area contributed by atoms with E-state index >= 15 is 4.39 Å². The van der Waals surface area contributed by atoms with Crippen LogP contribution in [0.1, 0.15) is 27.4 Å². The standard InChI is InChI=1S/C29H24FNO3S/c30-29(35-27-15-6-1-9-20(27)18-32)16-8-7-10-21(29)17-31-28(33)34-19-26-24-13-4-2-11-22(24)23-12-3-5-14-25(23)26/h1-16,18,21,26H,17,19H2,(H,31,33). The van der Waals surface area contributed by atoms with E-state index in [2.05, 4.69) is 29.6 Å². The van der Waals surface area contributed by atoms with E-state index in [9.17, 15) is 9.59 Å². The van der Waals surface area contributed by atoms with Gasteiger partial charge in [0.2, 0.25) is 0 Å². The number of hydrogen-bond donors (Lipinski definition) is 1. The van der Waals surface area contributed by atoms with Crippen LogP contribution in [0.4, 0.5) is 9.18 Å². The Bertz CT molecular complexity index is 1280. The van der Waals surface area contributed by atoms with E-state index in [1.165, 1.54) is 6.08 Å². The van der Waals surface area contributed by atoms with Crippen molar-refractivity contribution in [1.82, 2.24) is 5.32 Å². The number of aldehydes is 1. The minimum atomic E-state index is -1.82. The SMILES string of the molecule is O=Cc1ccccc1SC1(F)C=CC=CC1CNC(=O)OCC1c2ccccc2-c2ccccc21. The average Bonchev–Trinajstić information content (AvgIpc) is 3.21. The summed E-state index contributed by atoms with van der Waals surface area (Å²) >= 11 is 0.968. The van der Waals surface area contributed by atoms with E-state index < -0.39 is 17.0 Å². The molecule has 2 atom stereocenters. The molecule has 3 aromatic carbocycles. The van der Waals surface area contributed by atoms with E-state index in [1.807, 2.05) is 24.3 Å². The number of rotatable bonds is 7. The van der Waals surface area contributed by atoms with Crippen molar-refractivity contribution in [3.63, 3.8) is 0 Å². The van der Waals surface area contributed by atoms with Gasteiger partial charge in [-0.2, -0.15) is 0 Å². The molecular formula is C29H24FNO3S. The van der Waals surface area contributed by atoms with Gasteiger partial charge in [-0.25, -0.2) is 9.18 Å². The second-order valence-corrected chi connectivity index (χ2v) is 9.78. The third kappa shape index (κ3) is 4.66. The molecule has 0 saturated heterocycles. The van der Waals surface area contributed by atoms with Gasteiger partial charge >= 0.3 is 6.09 Å². The number of fused-ring (bicyclic) bond motifs is 3. The fourth-order valence-corrected chi connectivity index (χ4v) is 5.82. The van der Waals surface area contributed by atoms with Crippen molar-refractivity contribution in [3.05, 3.63) is 114 Å². The van der Waals surface area contributed by atoms with Crippen molar-refractivity contribution in [2.45, 2.75) is 15.8 Å². The van der Waals surface area contributed by atoms with Crippen LogP contribution >= 0.6 is 11.8 Å². The van der Waals surface area contributed by atoms with Crippen LogP contribution in [-0.2, 0) is 4.74 Å². The fraction of sp³-hybridized carbons (Fsp3) is 0.172. The molecule has 0 saturated carbocycles. The Hall–Kier alpha value is -3.64. The number of alkyl halides is 1. The Labute approximate surface area is 207 Å². The zero-order chi connectivity index (χ0) is 24.3. The maximum atomic E-state index is 16.0. The second kappa shape index (κ2) is 9.92. The Balaban J connectivity index is 1.23.